The van der Waals surface area contributed by atoms with Gasteiger partial charge in [0.2, 0.25) is 0 Å². The monoisotopic (exact) mass is 274 g/mol. The fourth-order valence-electron chi connectivity index (χ4n) is 1.99. The summed E-state index contributed by atoms with van der Waals surface area (Å²) in [6.07, 6.45) is 0. The van der Waals surface area contributed by atoms with Crippen molar-refractivity contribution in [1.29, 1.82) is 0 Å². The first-order valence-corrected chi connectivity index (χ1v) is 5.71. The summed E-state index contributed by atoms with van der Waals surface area (Å²) < 4.78 is 13.9. The SMILES string of the molecule is Cc1nc(C(=O)O)cc(-c2ccccc2F)c1C(N)=O. The molecule has 1 heterocycles. The summed E-state index contributed by atoms with van der Waals surface area (Å²) in [5, 5.41) is 9.01. The Morgan fingerprint density at radius 2 is 1.90 bits per heavy atom. The van der Waals surface area contributed by atoms with Crippen molar-refractivity contribution in [2.24, 2.45) is 5.73 Å². The fourth-order valence-corrected chi connectivity index (χ4v) is 1.99. The van der Waals surface area contributed by atoms with Gasteiger partial charge in [-0.3, -0.25) is 4.79 Å². The van der Waals surface area contributed by atoms with E-state index in [0.717, 1.165) is 6.07 Å². The third-order valence-corrected chi connectivity index (χ3v) is 2.83. The topological polar surface area (TPSA) is 93.3 Å². The average Bonchev–Trinajstić information content (AvgIpc) is 2.37. The van der Waals surface area contributed by atoms with Gasteiger partial charge < -0.3 is 10.8 Å². The molecular formula is C14H11FN2O3. The molecule has 0 fully saturated rings. The van der Waals surface area contributed by atoms with Gasteiger partial charge >= 0.3 is 5.97 Å². The summed E-state index contributed by atoms with van der Waals surface area (Å²) in [6, 6.07) is 6.89. The Morgan fingerprint density at radius 1 is 1.25 bits per heavy atom. The van der Waals surface area contributed by atoms with Crippen LogP contribution in [0.1, 0.15) is 26.5 Å². The second-order valence-corrected chi connectivity index (χ2v) is 4.16. The van der Waals surface area contributed by atoms with Gasteiger partial charge in [0.05, 0.1) is 11.3 Å². The van der Waals surface area contributed by atoms with Crippen LogP contribution in [0.4, 0.5) is 4.39 Å². The minimum absolute atomic E-state index is 0.0140. The number of aromatic carboxylic acids is 1. The van der Waals surface area contributed by atoms with Crippen molar-refractivity contribution in [3.8, 4) is 11.1 Å². The number of rotatable bonds is 3. The molecule has 1 aromatic carbocycles. The lowest BCUT2D eigenvalue weighted by Crippen LogP contribution is -2.17. The van der Waals surface area contributed by atoms with Crippen molar-refractivity contribution >= 4 is 11.9 Å². The van der Waals surface area contributed by atoms with Gasteiger partial charge in [-0.1, -0.05) is 18.2 Å². The molecule has 0 aliphatic carbocycles. The summed E-state index contributed by atoms with van der Waals surface area (Å²) >= 11 is 0. The first-order valence-electron chi connectivity index (χ1n) is 5.71. The van der Waals surface area contributed by atoms with E-state index < -0.39 is 17.7 Å². The molecule has 6 heteroatoms. The molecule has 5 nitrogen and oxygen atoms in total. The number of halogens is 1. The summed E-state index contributed by atoms with van der Waals surface area (Å²) in [5.74, 6) is -2.62. The van der Waals surface area contributed by atoms with Gasteiger partial charge in [-0.25, -0.2) is 14.2 Å². The number of carbonyl (C=O) groups is 2. The number of nitrogens with zero attached hydrogens (tertiary/aromatic N) is 1. The Hall–Kier alpha value is -2.76. The molecule has 0 aliphatic heterocycles. The maximum Gasteiger partial charge on any atom is 0.354 e. The molecule has 2 aromatic rings. The van der Waals surface area contributed by atoms with E-state index in [9.17, 15) is 14.0 Å². The molecule has 1 amide bonds. The highest BCUT2D eigenvalue weighted by Crippen LogP contribution is 2.28. The number of aryl methyl sites for hydroxylation is 1. The second kappa shape index (κ2) is 5.08. The average molecular weight is 274 g/mol. The number of benzene rings is 1. The van der Waals surface area contributed by atoms with Crippen molar-refractivity contribution in [1.82, 2.24) is 4.98 Å². The highest BCUT2D eigenvalue weighted by molar-refractivity contribution is 6.02. The number of carboxylic acids is 1. The van der Waals surface area contributed by atoms with Crippen molar-refractivity contribution in [3.05, 3.63) is 53.1 Å². The normalized spacial score (nSPS) is 10.3. The first-order chi connectivity index (χ1) is 9.41. The molecular weight excluding hydrogens is 263 g/mol. The fraction of sp³-hybridized carbons (Fsp3) is 0.0714. The third-order valence-electron chi connectivity index (χ3n) is 2.83. The van der Waals surface area contributed by atoms with E-state index >= 15 is 0 Å². The standard InChI is InChI=1S/C14H11FN2O3/c1-7-12(13(16)18)9(6-11(17-7)14(19)20)8-4-2-3-5-10(8)15/h2-6H,1H3,(H2,16,18)(H,19,20). The Bertz CT molecular complexity index is 714. The smallest absolute Gasteiger partial charge is 0.354 e. The van der Waals surface area contributed by atoms with Crippen LogP contribution in [0, 0.1) is 12.7 Å². The quantitative estimate of drug-likeness (QED) is 0.895. The molecule has 0 saturated carbocycles. The second-order valence-electron chi connectivity index (χ2n) is 4.16. The Morgan fingerprint density at radius 3 is 2.45 bits per heavy atom. The zero-order valence-corrected chi connectivity index (χ0v) is 10.6. The van der Waals surface area contributed by atoms with Gasteiger partial charge in [0.15, 0.2) is 0 Å². The molecule has 0 aliphatic rings. The van der Waals surface area contributed by atoms with E-state index in [2.05, 4.69) is 4.98 Å². The highest BCUT2D eigenvalue weighted by atomic mass is 19.1. The van der Waals surface area contributed by atoms with Gasteiger partial charge in [-0.05, 0) is 19.1 Å². The summed E-state index contributed by atoms with van der Waals surface area (Å²) in [4.78, 5) is 26.3. The summed E-state index contributed by atoms with van der Waals surface area (Å²) in [5.41, 5.74) is 5.40. The molecule has 0 radical (unpaired) electrons. The number of carboxylic acid groups (broad SMARTS) is 1. The number of amides is 1. The number of pyridine rings is 1. The number of hydrogen-bond donors (Lipinski definition) is 2. The van der Waals surface area contributed by atoms with Crippen LogP contribution >= 0.6 is 0 Å². The molecule has 0 bridgehead atoms. The number of hydrogen-bond acceptors (Lipinski definition) is 3. The highest BCUT2D eigenvalue weighted by Gasteiger charge is 2.20. The van der Waals surface area contributed by atoms with E-state index in [1.54, 1.807) is 6.07 Å². The minimum atomic E-state index is -1.26. The largest absolute Gasteiger partial charge is 0.477 e. The Kier molecular flexibility index (Phi) is 3.47. The van der Waals surface area contributed by atoms with Crippen molar-refractivity contribution in [2.45, 2.75) is 6.92 Å². The minimum Gasteiger partial charge on any atom is -0.477 e. The Balaban J connectivity index is 2.82. The zero-order valence-electron chi connectivity index (χ0n) is 10.6. The van der Waals surface area contributed by atoms with Crippen LogP contribution in [0.25, 0.3) is 11.1 Å². The number of primary amides is 1. The first kappa shape index (κ1) is 13.7. The van der Waals surface area contributed by atoms with Crippen molar-refractivity contribution in [3.63, 3.8) is 0 Å². The summed E-state index contributed by atoms with van der Waals surface area (Å²) in [6.45, 7) is 1.46. The third kappa shape index (κ3) is 2.35. The van der Waals surface area contributed by atoms with Crippen LogP contribution in [0.5, 0.6) is 0 Å². The summed E-state index contributed by atoms with van der Waals surface area (Å²) in [7, 11) is 0. The van der Waals surface area contributed by atoms with Crippen LogP contribution in [0.3, 0.4) is 0 Å². The molecule has 3 N–H and O–H groups in total. The van der Waals surface area contributed by atoms with E-state index in [4.69, 9.17) is 10.8 Å². The van der Waals surface area contributed by atoms with Gasteiger partial charge in [0.1, 0.15) is 11.5 Å². The molecule has 102 valence electrons. The number of carbonyl (C=O) groups excluding carboxylic acids is 1. The van der Waals surface area contributed by atoms with Crippen LogP contribution in [-0.2, 0) is 0 Å². The van der Waals surface area contributed by atoms with Crippen LogP contribution in [-0.4, -0.2) is 22.0 Å². The maximum absolute atomic E-state index is 13.9. The van der Waals surface area contributed by atoms with E-state index in [0.29, 0.717) is 0 Å². The van der Waals surface area contributed by atoms with Gasteiger partial charge in [0.25, 0.3) is 5.91 Å². The molecule has 0 spiro atoms. The van der Waals surface area contributed by atoms with Crippen LogP contribution < -0.4 is 5.73 Å². The zero-order chi connectivity index (χ0) is 14.9. The van der Waals surface area contributed by atoms with E-state index in [-0.39, 0.29) is 28.1 Å². The molecule has 2 rings (SSSR count). The molecule has 20 heavy (non-hydrogen) atoms. The van der Waals surface area contributed by atoms with Crippen molar-refractivity contribution < 1.29 is 19.1 Å². The van der Waals surface area contributed by atoms with Gasteiger partial charge in [0, 0.05) is 11.1 Å². The lowest BCUT2D eigenvalue weighted by molar-refractivity contribution is 0.0689. The lowest BCUT2D eigenvalue weighted by Gasteiger charge is -2.11. The lowest BCUT2D eigenvalue weighted by atomic mass is 9.97. The number of aromatic nitrogens is 1. The predicted octanol–water partition coefficient (Wildman–Crippen LogP) is 1.99. The Labute approximate surface area is 113 Å². The molecule has 0 atom stereocenters. The van der Waals surface area contributed by atoms with E-state index in [1.165, 1.54) is 25.1 Å². The van der Waals surface area contributed by atoms with Crippen molar-refractivity contribution in [2.75, 3.05) is 0 Å². The molecule has 0 saturated heterocycles. The predicted molar refractivity (Wildman–Crippen MR) is 69.8 cm³/mol. The van der Waals surface area contributed by atoms with Gasteiger partial charge in [-0.15, -0.1) is 0 Å². The number of nitrogens with two attached hydrogens (primary N) is 1. The van der Waals surface area contributed by atoms with E-state index in [1.807, 2.05) is 0 Å². The van der Waals surface area contributed by atoms with Crippen LogP contribution in [0.15, 0.2) is 30.3 Å². The van der Waals surface area contributed by atoms with Crippen LogP contribution in [0.2, 0.25) is 0 Å². The molecule has 1 aromatic heterocycles. The molecule has 0 unspecified atom stereocenters. The maximum atomic E-state index is 13.9. The van der Waals surface area contributed by atoms with Gasteiger partial charge in [-0.2, -0.15) is 0 Å².